The third-order valence-electron chi connectivity index (χ3n) is 3.92. The Morgan fingerprint density at radius 1 is 1.30 bits per heavy atom. The van der Waals surface area contributed by atoms with Gasteiger partial charge in [-0.25, -0.2) is 9.59 Å². The Morgan fingerprint density at radius 3 is 2.83 bits per heavy atom. The van der Waals surface area contributed by atoms with E-state index in [4.69, 9.17) is 0 Å². The lowest BCUT2D eigenvalue weighted by molar-refractivity contribution is 0.0601. The molecule has 7 nitrogen and oxygen atoms in total. The smallest absolute Gasteiger partial charge is 0.337 e. The quantitative estimate of drug-likeness (QED) is 0.754. The molecule has 1 aromatic carbocycles. The molecule has 0 saturated carbocycles. The van der Waals surface area contributed by atoms with Crippen LogP contribution in [0.2, 0.25) is 0 Å². The number of rotatable bonds is 3. The second-order valence-electron chi connectivity index (χ2n) is 5.48. The van der Waals surface area contributed by atoms with Gasteiger partial charge < -0.3 is 15.4 Å². The molecule has 0 radical (unpaired) electrons. The number of aromatic nitrogens is 2. The number of hydrogen-bond donors (Lipinski definition) is 3. The first-order chi connectivity index (χ1) is 11.2. The number of benzene rings is 1. The number of carbonyl (C=O) groups excluding carboxylic acids is 2. The van der Waals surface area contributed by atoms with Crippen LogP contribution in [-0.2, 0) is 17.6 Å². The van der Waals surface area contributed by atoms with Gasteiger partial charge in [-0.05, 0) is 49.1 Å². The summed E-state index contributed by atoms with van der Waals surface area (Å²) in [5.74, 6) is -0.404. The number of aryl methyl sites for hydroxylation is 1. The molecule has 3 N–H and O–H groups in total. The van der Waals surface area contributed by atoms with Crippen molar-refractivity contribution in [1.82, 2.24) is 15.5 Å². The van der Waals surface area contributed by atoms with Crippen LogP contribution in [0.1, 0.15) is 28.0 Å². The summed E-state index contributed by atoms with van der Waals surface area (Å²) in [6.45, 7) is 0. The van der Waals surface area contributed by atoms with Crippen molar-refractivity contribution in [1.29, 1.82) is 0 Å². The van der Waals surface area contributed by atoms with Gasteiger partial charge in [-0.2, -0.15) is 5.10 Å². The maximum absolute atomic E-state index is 12.1. The lowest BCUT2D eigenvalue weighted by atomic mass is 9.94. The molecular weight excluding hydrogens is 296 g/mol. The largest absolute Gasteiger partial charge is 0.465 e. The summed E-state index contributed by atoms with van der Waals surface area (Å²) in [6, 6.07) is 6.39. The fourth-order valence-electron chi connectivity index (χ4n) is 2.70. The minimum absolute atomic E-state index is 0.0921. The van der Waals surface area contributed by atoms with Crippen molar-refractivity contribution in [3.05, 3.63) is 47.3 Å². The fraction of sp³-hybridized carbons (Fsp3) is 0.312. The number of nitrogens with one attached hydrogen (secondary N) is 3. The van der Waals surface area contributed by atoms with Gasteiger partial charge in [-0.3, -0.25) is 5.10 Å². The highest BCUT2D eigenvalue weighted by Crippen LogP contribution is 2.19. The first-order valence-electron chi connectivity index (χ1n) is 7.42. The van der Waals surface area contributed by atoms with E-state index in [9.17, 15) is 9.59 Å². The minimum atomic E-state index is -0.404. The molecule has 2 amide bonds. The Hall–Kier alpha value is -2.83. The number of anilines is 1. The zero-order valence-electron chi connectivity index (χ0n) is 12.8. The number of H-pyrrole nitrogens is 1. The van der Waals surface area contributed by atoms with E-state index in [-0.39, 0.29) is 12.1 Å². The van der Waals surface area contributed by atoms with E-state index in [1.807, 2.05) is 6.20 Å². The van der Waals surface area contributed by atoms with Gasteiger partial charge >= 0.3 is 12.0 Å². The Kier molecular flexibility index (Phi) is 4.27. The normalized spacial score (nSPS) is 16.3. The molecule has 1 aliphatic carbocycles. The highest BCUT2D eigenvalue weighted by molar-refractivity contribution is 5.92. The van der Waals surface area contributed by atoms with E-state index in [1.165, 1.54) is 7.11 Å². The molecule has 2 aromatic rings. The van der Waals surface area contributed by atoms with Crippen LogP contribution < -0.4 is 10.6 Å². The van der Waals surface area contributed by atoms with Crippen molar-refractivity contribution in [2.45, 2.75) is 25.3 Å². The SMILES string of the molecule is COC(=O)c1ccc(NC(=O)N[C@H]2CCc3[nH]ncc3C2)cc1. The molecule has 0 aliphatic heterocycles. The van der Waals surface area contributed by atoms with E-state index >= 15 is 0 Å². The number of esters is 1. The highest BCUT2D eigenvalue weighted by Gasteiger charge is 2.21. The molecule has 3 rings (SSSR count). The molecule has 1 atom stereocenters. The molecule has 0 saturated heterocycles. The van der Waals surface area contributed by atoms with Gasteiger partial charge in [0.15, 0.2) is 0 Å². The first-order valence-corrected chi connectivity index (χ1v) is 7.42. The van der Waals surface area contributed by atoms with Crippen molar-refractivity contribution in [2.75, 3.05) is 12.4 Å². The lowest BCUT2D eigenvalue weighted by Crippen LogP contribution is -2.41. The summed E-state index contributed by atoms with van der Waals surface area (Å²) in [6.07, 6.45) is 4.35. The Bertz CT molecular complexity index is 708. The highest BCUT2D eigenvalue weighted by atomic mass is 16.5. The second kappa shape index (κ2) is 6.51. The van der Waals surface area contributed by atoms with Crippen molar-refractivity contribution < 1.29 is 14.3 Å². The standard InChI is InChI=1S/C16H18N4O3/c1-23-15(21)10-2-4-12(5-3-10)18-16(22)19-13-6-7-14-11(8-13)9-17-20-14/h2-5,9,13H,6-8H2,1H3,(H,17,20)(H2,18,19,22)/t13-/m0/s1. The maximum atomic E-state index is 12.1. The van der Waals surface area contributed by atoms with Crippen LogP contribution in [0.5, 0.6) is 0 Å². The van der Waals surface area contributed by atoms with Gasteiger partial charge in [0.2, 0.25) is 0 Å². The molecule has 0 unspecified atom stereocenters. The predicted molar refractivity (Wildman–Crippen MR) is 84.3 cm³/mol. The van der Waals surface area contributed by atoms with E-state index in [2.05, 4.69) is 25.6 Å². The van der Waals surface area contributed by atoms with Gasteiger partial charge in [0.25, 0.3) is 0 Å². The molecular formula is C16H18N4O3. The lowest BCUT2D eigenvalue weighted by Gasteiger charge is -2.23. The Morgan fingerprint density at radius 2 is 2.09 bits per heavy atom. The molecule has 1 aliphatic rings. The van der Waals surface area contributed by atoms with Crippen LogP contribution in [-0.4, -0.2) is 35.3 Å². The molecule has 1 aromatic heterocycles. The molecule has 7 heteroatoms. The maximum Gasteiger partial charge on any atom is 0.337 e. The molecule has 0 bridgehead atoms. The minimum Gasteiger partial charge on any atom is -0.465 e. The molecule has 23 heavy (non-hydrogen) atoms. The van der Waals surface area contributed by atoms with Crippen LogP contribution in [0.15, 0.2) is 30.5 Å². The van der Waals surface area contributed by atoms with E-state index in [1.54, 1.807) is 24.3 Å². The van der Waals surface area contributed by atoms with Crippen LogP contribution in [0.25, 0.3) is 0 Å². The van der Waals surface area contributed by atoms with Gasteiger partial charge in [0.05, 0.1) is 18.9 Å². The third kappa shape index (κ3) is 3.50. The molecule has 120 valence electrons. The topological polar surface area (TPSA) is 96.1 Å². The summed E-state index contributed by atoms with van der Waals surface area (Å²) >= 11 is 0. The summed E-state index contributed by atoms with van der Waals surface area (Å²) in [5, 5.41) is 12.7. The number of hydrogen-bond acceptors (Lipinski definition) is 4. The van der Waals surface area contributed by atoms with Crippen LogP contribution >= 0.6 is 0 Å². The van der Waals surface area contributed by atoms with Gasteiger partial charge in [0.1, 0.15) is 0 Å². The summed E-state index contributed by atoms with van der Waals surface area (Å²) in [7, 11) is 1.33. The van der Waals surface area contributed by atoms with Crippen molar-refractivity contribution in [2.24, 2.45) is 0 Å². The molecule has 1 heterocycles. The zero-order valence-corrected chi connectivity index (χ0v) is 12.8. The number of carbonyl (C=O) groups is 2. The molecule has 0 spiro atoms. The Labute approximate surface area is 133 Å². The predicted octanol–water partition coefficient (Wildman–Crippen LogP) is 1.88. The number of amides is 2. The van der Waals surface area contributed by atoms with E-state index < -0.39 is 5.97 Å². The number of methoxy groups -OCH3 is 1. The zero-order chi connectivity index (χ0) is 16.2. The summed E-state index contributed by atoms with van der Waals surface area (Å²) in [4.78, 5) is 23.4. The van der Waals surface area contributed by atoms with Crippen LogP contribution in [0.3, 0.4) is 0 Å². The monoisotopic (exact) mass is 314 g/mol. The van der Waals surface area contributed by atoms with Crippen molar-refractivity contribution in [3.63, 3.8) is 0 Å². The summed E-state index contributed by atoms with van der Waals surface area (Å²) in [5.41, 5.74) is 3.37. The number of aromatic amines is 1. The van der Waals surface area contributed by atoms with E-state index in [0.29, 0.717) is 11.3 Å². The number of fused-ring (bicyclic) bond motifs is 1. The number of ether oxygens (including phenoxy) is 1. The average molecular weight is 314 g/mol. The number of urea groups is 1. The summed E-state index contributed by atoms with van der Waals surface area (Å²) < 4.78 is 4.63. The van der Waals surface area contributed by atoms with Gasteiger partial charge in [0, 0.05) is 17.4 Å². The van der Waals surface area contributed by atoms with Gasteiger partial charge in [-0.15, -0.1) is 0 Å². The average Bonchev–Trinajstić information content (AvgIpc) is 3.02. The first kappa shape index (κ1) is 15.1. The van der Waals surface area contributed by atoms with Gasteiger partial charge in [-0.1, -0.05) is 0 Å². The molecule has 0 fully saturated rings. The number of nitrogens with zero attached hydrogens (tertiary/aromatic N) is 1. The second-order valence-corrected chi connectivity index (χ2v) is 5.48. The van der Waals surface area contributed by atoms with Crippen LogP contribution in [0.4, 0.5) is 10.5 Å². The van der Waals surface area contributed by atoms with Crippen molar-refractivity contribution >= 4 is 17.7 Å². The van der Waals surface area contributed by atoms with E-state index in [0.717, 1.165) is 30.5 Å². The Balaban J connectivity index is 1.54. The van der Waals surface area contributed by atoms with Crippen LogP contribution in [0, 0.1) is 0 Å². The fourth-order valence-corrected chi connectivity index (χ4v) is 2.70. The third-order valence-corrected chi connectivity index (χ3v) is 3.92. The van der Waals surface area contributed by atoms with Crippen molar-refractivity contribution in [3.8, 4) is 0 Å².